The highest BCUT2D eigenvalue weighted by Crippen LogP contribution is 2.03. The van der Waals surface area contributed by atoms with Crippen molar-refractivity contribution in [2.45, 2.75) is 86.1 Å². The monoisotopic (exact) mass is 1100 g/mol. The Hall–Kier alpha value is -0.840. The number of thiol groups is 9. The maximum Gasteiger partial charge on any atom is 0.244 e. The molecule has 0 rings (SSSR count). The number of likely N-dealkylation sites (N-methyl/N-ethyl adjacent to an activating group) is 2. The van der Waals surface area contributed by atoms with Gasteiger partial charge >= 0.3 is 0 Å². The third-order valence-corrected chi connectivity index (χ3v) is 13.0. The molecule has 14 N–H and O–H groups in total. The Morgan fingerprint density at radius 1 is 0.379 bits per heavy atom. The molecule has 30 heteroatoms. The molecular formula is C36H72N12O9S9. The summed E-state index contributed by atoms with van der Waals surface area (Å²) in [6.07, 6.45) is -0.811. The molecule has 384 valence electrons. The summed E-state index contributed by atoms with van der Waals surface area (Å²) in [5.41, 5.74) is 0. The van der Waals surface area contributed by atoms with E-state index in [1.165, 1.54) is 7.05 Å². The molecule has 66 heavy (non-hydrogen) atoms. The average molecular weight is 1110 g/mol. The minimum absolute atomic E-state index is 0.0170. The van der Waals surface area contributed by atoms with Crippen molar-refractivity contribution in [2.24, 2.45) is 0 Å². The van der Waals surface area contributed by atoms with E-state index in [9.17, 15) is 43.8 Å². The molecule has 0 fully saturated rings. The summed E-state index contributed by atoms with van der Waals surface area (Å²) in [6.45, 7) is 1.29. The first-order valence-corrected chi connectivity index (χ1v) is 26.7. The quantitative estimate of drug-likeness (QED) is 0.0156. The molecular weight excluding hydrogens is 1030 g/mol. The Labute approximate surface area is 437 Å². The number of carbonyl (C=O) groups is 7. The lowest BCUT2D eigenvalue weighted by Crippen LogP contribution is -2.59. The van der Waals surface area contributed by atoms with Crippen LogP contribution in [0.1, 0.15) is 19.3 Å². The predicted octanol–water partition coefficient (Wildman–Crippen LogP) is -5.50. The molecule has 0 radical (unpaired) electrons. The molecule has 0 spiro atoms. The minimum atomic E-state index is -1.19. The summed E-state index contributed by atoms with van der Waals surface area (Å²) in [6, 6.07) is -7.60. The zero-order valence-electron chi connectivity index (χ0n) is 36.9. The van der Waals surface area contributed by atoms with Crippen LogP contribution in [0.25, 0.3) is 0 Å². The molecule has 0 aromatic rings. The van der Waals surface area contributed by atoms with E-state index >= 15 is 0 Å². The highest BCUT2D eigenvalue weighted by Gasteiger charge is 2.30. The Balaban J connectivity index is 4.85. The molecule has 7 amide bonds. The van der Waals surface area contributed by atoms with Crippen LogP contribution in [-0.4, -0.2) is 210 Å². The van der Waals surface area contributed by atoms with Gasteiger partial charge in [0.1, 0.15) is 36.6 Å². The van der Waals surface area contributed by atoms with E-state index in [1.54, 1.807) is 7.05 Å². The normalized spacial score (nSPS) is 16.4. The van der Waals surface area contributed by atoms with E-state index in [1.807, 2.05) is 0 Å². The van der Waals surface area contributed by atoms with Gasteiger partial charge in [-0.2, -0.15) is 114 Å². The number of aliphatic hydroxyl groups is 2. The molecule has 0 heterocycles. The number of nitrogens with one attached hydrogen (secondary N) is 12. The van der Waals surface area contributed by atoms with Crippen LogP contribution in [0, 0.1) is 0 Å². The molecule has 0 aromatic carbocycles. The minimum Gasteiger partial charge on any atom is -0.377 e. The van der Waals surface area contributed by atoms with Crippen molar-refractivity contribution in [2.75, 3.05) is 92.1 Å². The molecule has 0 bridgehead atoms. The molecule has 2 unspecified atom stereocenters. The van der Waals surface area contributed by atoms with Gasteiger partial charge < -0.3 is 63.4 Å². The van der Waals surface area contributed by atoms with Crippen molar-refractivity contribution >= 4 is 155 Å². The van der Waals surface area contributed by atoms with Gasteiger partial charge in [-0.1, -0.05) is 0 Å². The third-order valence-electron chi connectivity index (χ3n) is 9.62. The van der Waals surface area contributed by atoms with E-state index in [2.05, 4.69) is 177 Å². The zero-order chi connectivity index (χ0) is 50.2. The van der Waals surface area contributed by atoms with Gasteiger partial charge in [-0.15, -0.1) is 0 Å². The first-order chi connectivity index (χ1) is 31.5. The van der Waals surface area contributed by atoms with E-state index < -0.39 is 108 Å². The molecule has 0 aliphatic heterocycles. The number of unbranched alkanes of at least 4 members (excludes halogenated alkanes) is 1. The van der Waals surface area contributed by atoms with Gasteiger partial charge in [0.25, 0.3) is 0 Å². The van der Waals surface area contributed by atoms with Gasteiger partial charge in [0.2, 0.25) is 41.4 Å². The van der Waals surface area contributed by atoms with Crippen molar-refractivity contribution in [3.8, 4) is 0 Å². The summed E-state index contributed by atoms with van der Waals surface area (Å²) in [5, 5.41) is 54.4. The fraction of sp³-hybridized carbons (Fsp3) is 0.806. The highest BCUT2D eigenvalue weighted by atomic mass is 32.1. The number of hydrogen-bond acceptors (Lipinski definition) is 23. The smallest absolute Gasteiger partial charge is 0.244 e. The fourth-order valence-electron chi connectivity index (χ4n) is 5.53. The Kier molecular flexibility index (Phi) is 38.4. The van der Waals surface area contributed by atoms with Gasteiger partial charge in [-0.25, -0.2) is 0 Å². The number of rotatable bonds is 38. The molecule has 0 aliphatic carbocycles. The largest absolute Gasteiger partial charge is 0.377 e. The molecule has 21 nitrogen and oxygen atoms in total. The van der Waals surface area contributed by atoms with Gasteiger partial charge in [-0.3, -0.25) is 44.2 Å². The van der Waals surface area contributed by atoms with Crippen LogP contribution in [0.3, 0.4) is 0 Å². The Morgan fingerprint density at radius 2 is 0.773 bits per heavy atom. The maximum absolute atomic E-state index is 13.1. The maximum atomic E-state index is 13.1. The van der Waals surface area contributed by atoms with Crippen LogP contribution in [0.2, 0.25) is 0 Å². The summed E-state index contributed by atoms with van der Waals surface area (Å²) < 4.78 is 0. The second kappa shape index (κ2) is 38.9. The lowest BCUT2D eigenvalue weighted by Gasteiger charge is -2.28. The predicted molar refractivity (Wildman–Crippen MR) is 289 cm³/mol. The lowest BCUT2D eigenvalue weighted by atomic mass is 10.2. The Bertz CT molecular complexity index is 1460. The van der Waals surface area contributed by atoms with Gasteiger partial charge in [-0.05, 0) is 45.9 Å². The lowest BCUT2D eigenvalue weighted by molar-refractivity contribution is -0.131. The topological polar surface area (TPSA) is 304 Å². The molecule has 11 atom stereocenters. The number of aliphatic hydroxyl groups excluding tert-OH is 2. The van der Waals surface area contributed by atoms with Crippen molar-refractivity contribution in [1.29, 1.82) is 0 Å². The third kappa shape index (κ3) is 25.3. The molecule has 0 aliphatic rings. The molecule has 0 saturated heterocycles. The second-order valence-corrected chi connectivity index (χ2v) is 17.7. The van der Waals surface area contributed by atoms with Crippen LogP contribution >= 0.6 is 114 Å². The summed E-state index contributed by atoms with van der Waals surface area (Å²) in [7, 11) is 3.04. The first-order valence-electron chi connectivity index (χ1n) is 21.0. The first kappa shape index (κ1) is 65.2. The standard InChI is InChI=1S/C36H72N12O9S9/c1-37-19(10-58)31(52)46-25(16-64)35(56)45-24(15-63)30(51)42-9-5-8-40-21(12-60)33(54)48-27(18-66)36(57)44-23(14-62)29(50)41-7-4-3-6-39-20(11-59)32(53)47-26(17-65)34(55)43-22(13-61)28(49)38-2/h19-27,30,32,37,39-40,42,47,51,53,58-66H,3-18H2,1-2H3,(H,38,49)(H,41,50)(H,43,55)(H,44,57)(H,45,56)(H,46,52)(H,48,54)/t19-,20-,21-,22-,23-,24-,25-,26-,27-,30?,32?/m0/s1. The summed E-state index contributed by atoms with van der Waals surface area (Å²) in [4.78, 5) is 89.0. The average Bonchev–Trinajstić information content (AvgIpc) is 3.31. The highest BCUT2D eigenvalue weighted by molar-refractivity contribution is 7.81. The van der Waals surface area contributed by atoms with Crippen LogP contribution in [0.5, 0.6) is 0 Å². The van der Waals surface area contributed by atoms with Crippen LogP contribution in [-0.2, 0) is 33.6 Å². The van der Waals surface area contributed by atoms with E-state index in [-0.39, 0.29) is 64.9 Å². The number of amides is 7. The van der Waals surface area contributed by atoms with Gasteiger partial charge in [0.15, 0.2) is 0 Å². The van der Waals surface area contributed by atoms with Gasteiger partial charge in [0.05, 0.1) is 30.2 Å². The Morgan fingerprint density at radius 3 is 1.24 bits per heavy atom. The van der Waals surface area contributed by atoms with Crippen LogP contribution in [0.15, 0.2) is 0 Å². The van der Waals surface area contributed by atoms with E-state index in [4.69, 9.17) is 0 Å². The summed E-state index contributed by atoms with van der Waals surface area (Å²) >= 11 is 37.8. The van der Waals surface area contributed by atoms with Crippen molar-refractivity contribution in [3.05, 3.63) is 0 Å². The van der Waals surface area contributed by atoms with E-state index in [0.29, 0.717) is 32.4 Å². The van der Waals surface area contributed by atoms with E-state index in [0.717, 1.165) is 0 Å². The zero-order valence-corrected chi connectivity index (χ0v) is 45.0. The van der Waals surface area contributed by atoms with Gasteiger partial charge in [0, 0.05) is 65.4 Å². The fourth-order valence-corrected chi connectivity index (χ4v) is 8.09. The van der Waals surface area contributed by atoms with Crippen molar-refractivity contribution in [3.63, 3.8) is 0 Å². The summed E-state index contributed by atoms with van der Waals surface area (Å²) in [5.74, 6) is -2.92. The molecule has 0 aromatic heterocycles. The molecule has 0 saturated carbocycles. The van der Waals surface area contributed by atoms with Crippen molar-refractivity contribution < 1.29 is 43.8 Å². The SMILES string of the molecule is CNC(=O)[C@H](CS)NC(=O)[C@H](CS)NC(O)[C@H](CS)NCCCCNC(=O)[C@H](CS)NC(=O)[C@H](CS)NC(=O)[C@H](CS)NCCCNC(O)[C@H](CS)NC(=O)[C@H](CS)NC(=O)[C@H](CS)NC. The number of carbonyl (C=O) groups excluding carboxylic acids is 7. The van der Waals surface area contributed by atoms with Crippen LogP contribution < -0.4 is 63.8 Å². The van der Waals surface area contributed by atoms with Crippen molar-refractivity contribution in [1.82, 2.24) is 63.8 Å². The number of hydrogen-bond donors (Lipinski definition) is 23. The van der Waals surface area contributed by atoms with Crippen LogP contribution in [0.4, 0.5) is 0 Å². The second-order valence-electron chi connectivity index (χ2n) is 14.4.